The lowest BCUT2D eigenvalue weighted by atomic mass is 10.1. The lowest BCUT2D eigenvalue weighted by Crippen LogP contribution is -2.37. The average molecular weight is 429 g/mol. The van der Waals surface area contributed by atoms with Crippen molar-refractivity contribution in [3.05, 3.63) is 12.2 Å². The normalized spacial score (nSPS) is 13.1. The van der Waals surface area contributed by atoms with Gasteiger partial charge in [-0.25, -0.2) is 0 Å². The topological polar surface area (TPSA) is 55.8 Å². The molecule has 0 saturated heterocycles. The van der Waals surface area contributed by atoms with E-state index >= 15 is 0 Å². The predicted octanol–water partition coefficient (Wildman–Crippen LogP) is 6.78. The van der Waals surface area contributed by atoms with Gasteiger partial charge in [0.15, 0.2) is 8.32 Å². The average Bonchev–Trinajstić information content (AvgIpc) is 2.67. The van der Waals surface area contributed by atoms with Crippen LogP contribution in [-0.4, -0.2) is 38.7 Å². The predicted molar refractivity (Wildman–Crippen MR) is 126 cm³/mol. The van der Waals surface area contributed by atoms with E-state index in [1.54, 1.807) is 0 Å². The van der Waals surface area contributed by atoms with E-state index in [4.69, 9.17) is 9.16 Å². The fourth-order valence-corrected chi connectivity index (χ4v) is 4.36. The molecule has 0 aromatic heterocycles. The molecule has 1 atom stereocenters. The molecule has 4 nitrogen and oxygen atoms in total. The second-order valence-corrected chi connectivity index (χ2v) is 13.5. The van der Waals surface area contributed by atoms with Crippen molar-refractivity contribution in [1.29, 1.82) is 0 Å². The van der Waals surface area contributed by atoms with E-state index in [1.807, 2.05) is 0 Å². The Labute approximate surface area is 181 Å². The third-order valence-electron chi connectivity index (χ3n) is 4.80. The maximum atomic E-state index is 11.8. The van der Waals surface area contributed by atoms with E-state index in [1.165, 1.54) is 70.6 Å². The van der Waals surface area contributed by atoms with Gasteiger partial charge >= 0.3 is 5.97 Å². The van der Waals surface area contributed by atoms with E-state index in [2.05, 4.69) is 38.7 Å². The maximum absolute atomic E-state index is 11.8. The first-order chi connectivity index (χ1) is 13.9. The van der Waals surface area contributed by atoms with Crippen LogP contribution < -0.4 is 0 Å². The van der Waals surface area contributed by atoms with Crippen molar-refractivity contribution in [2.45, 2.75) is 123 Å². The summed E-state index contributed by atoms with van der Waals surface area (Å²) in [6.07, 6.45) is 21.0. The van der Waals surface area contributed by atoms with Gasteiger partial charge in [0, 0.05) is 6.42 Å². The molecular formula is C24H48O4Si. The molecule has 0 heterocycles. The SMILES string of the molecule is CCCCCCCC/C=C\CCCCCCCC(=O)OCC(CO)O[Si](C)(C)C. The second-order valence-electron chi connectivity index (χ2n) is 9.05. The Balaban J connectivity index is 3.45. The molecule has 0 aromatic rings. The Morgan fingerprint density at radius 2 is 1.38 bits per heavy atom. The molecule has 0 aliphatic heterocycles. The summed E-state index contributed by atoms with van der Waals surface area (Å²) in [6.45, 7) is 8.49. The lowest BCUT2D eigenvalue weighted by Gasteiger charge is -2.24. The number of aliphatic hydroxyl groups is 1. The number of rotatable bonds is 20. The van der Waals surface area contributed by atoms with Crippen LogP contribution in [0.25, 0.3) is 0 Å². The highest BCUT2D eigenvalue weighted by molar-refractivity contribution is 6.69. The number of hydrogen-bond acceptors (Lipinski definition) is 4. The van der Waals surface area contributed by atoms with Gasteiger partial charge in [0.05, 0.1) is 6.61 Å². The van der Waals surface area contributed by atoms with Gasteiger partial charge in [-0.15, -0.1) is 0 Å². The minimum atomic E-state index is -1.73. The Morgan fingerprint density at radius 3 is 1.90 bits per heavy atom. The molecule has 172 valence electrons. The molecule has 0 spiro atoms. The van der Waals surface area contributed by atoms with Crippen LogP contribution in [-0.2, 0) is 14.0 Å². The van der Waals surface area contributed by atoms with Crippen LogP contribution in [0.1, 0.15) is 96.8 Å². The van der Waals surface area contributed by atoms with E-state index in [0.29, 0.717) is 6.42 Å². The molecule has 0 saturated carbocycles. The van der Waals surface area contributed by atoms with Crippen LogP contribution in [0.15, 0.2) is 12.2 Å². The number of allylic oxidation sites excluding steroid dienone is 2. The summed E-state index contributed by atoms with van der Waals surface area (Å²) in [5, 5.41) is 9.32. The molecule has 0 radical (unpaired) electrons. The van der Waals surface area contributed by atoms with Crippen LogP contribution in [0.2, 0.25) is 19.6 Å². The Kier molecular flexibility index (Phi) is 18.9. The third kappa shape index (κ3) is 21.9. The zero-order chi connectivity index (χ0) is 21.8. The highest BCUT2D eigenvalue weighted by atomic mass is 28.4. The number of aliphatic hydroxyl groups excluding tert-OH is 1. The summed E-state index contributed by atoms with van der Waals surface area (Å²) >= 11 is 0. The zero-order valence-corrected chi connectivity index (χ0v) is 20.7. The largest absolute Gasteiger partial charge is 0.463 e. The van der Waals surface area contributed by atoms with Gasteiger partial charge < -0.3 is 14.3 Å². The second kappa shape index (κ2) is 19.3. The molecule has 0 aliphatic carbocycles. The zero-order valence-electron chi connectivity index (χ0n) is 19.7. The van der Waals surface area contributed by atoms with Crippen molar-refractivity contribution in [1.82, 2.24) is 0 Å². The summed E-state index contributed by atoms with van der Waals surface area (Å²) in [4.78, 5) is 11.8. The maximum Gasteiger partial charge on any atom is 0.305 e. The monoisotopic (exact) mass is 428 g/mol. The van der Waals surface area contributed by atoms with Crippen LogP contribution >= 0.6 is 0 Å². The first-order valence-electron chi connectivity index (χ1n) is 12.0. The molecule has 29 heavy (non-hydrogen) atoms. The minimum Gasteiger partial charge on any atom is -0.463 e. The molecular weight excluding hydrogens is 380 g/mol. The summed E-state index contributed by atoms with van der Waals surface area (Å²) in [7, 11) is -1.73. The molecule has 0 bridgehead atoms. The van der Waals surface area contributed by atoms with Crippen LogP contribution in [0, 0.1) is 0 Å². The molecule has 0 aliphatic rings. The highest BCUT2D eigenvalue weighted by Gasteiger charge is 2.21. The van der Waals surface area contributed by atoms with Crippen LogP contribution in [0.4, 0.5) is 0 Å². The van der Waals surface area contributed by atoms with Crippen molar-refractivity contribution >= 4 is 14.3 Å². The third-order valence-corrected chi connectivity index (χ3v) is 5.84. The van der Waals surface area contributed by atoms with Gasteiger partial charge in [-0.3, -0.25) is 4.79 Å². The summed E-state index contributed by atoms with van der Waals surface area (Å²) < 4.78 is 11.0. The lowest BCUT2D eigenvalue weighted by molar-refractivity contribution is -0.147. The van der Waals surface area contributed by atoms with Gasteiger partial charge in [0.2, 0.25) is 0 Å². The summed E-state index contributed by atoms with van der Waals surface area (Å²) in [5.74, 6) is -0.180. The highest BCUT2D eigenvalue weighted by Crippen LogP contribution is 2.11. The number of unbranched alkanes of at least 4 members (excludes halogenated alkanes) is 11. The fourth-order valence-electron chi connectivity index (χ4n) is 3.22. The fraction of sp³-hybridized carbons (Fsp3) is 0.875. The molecule has 0 aromatic carbocycles. The van der Waals surface area contributed by atoms with Crippen molar-refractivity contribution in [2.24, 2.45) is 0 Å². The number of carbonyl (C=O) groups excluding carboxylic acids is 1. The van der Waals surface area contributed by atoms with Gasteiger partial charge in [-0.1, -0.05) is 70.4 Å². The molecule has 1 unspecified atom stereocenters. The van der Waals surface area contributed by atoms with E-state index in [0.717, 1.165) is 12.8 Å². The van der Waals surface area contributed by atoms with Gasteiger partial charge in [0.1, 0.15) is 12.7 Å². The van der Waals surface area contributed by atoms with Gasteiger partial charge in [-0.05, 0) is 51.7 Å². The van der Waals surface area contributed by atoms with E-state index < -0.39 is 8.32 Å². The summed E-state index contributed by atoms with van der Waals surface area (Å²) in [6, 6.07) is 0. The van der Waals surface area contributed by atoms with Crippen molar-refractivity contribution in [2.75, 3.05) is 13.2 Å². The smallest absolute Gasteiger partial charge is 0.305 e. The molecule has 5 heteroatoms. The Morgan fingerprint density at radius 1 is 0.862 bits per heavy atom. The molecule has 1 N–H and O–H groups in total. The number of ether oxygens (including phenoxy) is 1. The van der Waals surface area contributed by atoms with Crippen LogP contribution in [0.5, 0.6) is 0 Å². The van der Waals surface area contributed by atoms with E-state index in [-0.39, 0.29) is 25.3 Å². The minimum absolute atomic E-state index is 0.106. The quantitative estimate of drug-likeness (QED) is 0.100. The Hall–Kier alpha value is -0.653. The summed E-state index contributed by atoms with van der Waals surface area (Å²) in [5.41, 5.74) is 0. The first-order valence-corrected chi connectivity index (χ1v) is 15.4. The first kappa shape index (κ1) is 28.3. The molecule has 0 rings (SSSR count). The van der Waals surface area contributed by atoms with Gasteiger partial charge in [0.25, 0.3) is 0 Å². The standard InChI is InChI=1S/C24H48O4Si/c1-5-6-7-8-9-10-11-12-13-14-15-16-17-18-19-20-24(26)27-22-23(21-25)28-29(2,3)4/h12-13,23,25H,5-11,14-22H2,1-4H3/b13-12-. The van der Waals surface area contributed by atoms with Gasteiger partial charge in [-0.2, -0.15) is 0 Å². The molecule has 0 amide bonds. The van der Waals surface area contributed by atoms with E-state index in [9.17, 15) is 9.90 Å². The Bertz CT molecular complexity index is 404. The number of hydrogen-bond donors (Lipinski definition) is 1. The van der Waals surface area contributed by atoms with Crippen molar-refractivity contribution in [3.63, 3.8) is 0 Å². The molecule has 0 fully saturated rings. The van der Waals surface area contributed by atoms with Crippen molar-refractivity contribution < 1.29 is 19.1 Å². The van der Waals surface area contributed by atoms with Crippen molar-refractivity contribution in [3.8, 4) is 0 Å². The number of esters is 1. The number of carbonyl (C=O) groups is 1. The van der Waals surface area contributed by atoms with Crippen LogP contribution in [0.3, 0.4) is 0 Å².